The van der Waals surface area contributed by atoms with Gasteiger partial charge in [-0.05, 0) is 0 Å². The Bertz CT molecular complexity index is 8.00. The molecule has 0 radical (unpaired) electrons. The summed E-state index contributed by atoms with van der Waals surface area (Å²) in [4.78, 5) is 0. The molecule has 0 nitrogen and oxygen atoms in total. The molecule has 0 rings (SSSR count). The Kier molecular flexibility index (Phi) is 210. The fraction of sp³-hybridized carbons (Fsp3) is 0. The van der Waals surface area contributed by atoms with Crippen LogP contribution in [0, 0.1) is 0 Å². The first kappa shape index (κ1) is 40.1. The van der Waals surface area contributed by atoms with Gasteiger partial charge in [0.2, 0.25) is 0 Å². The van der Waals surface area contributed by atoms with Crippen LogP contribution in [0.2, 0.25) is 0 Å². The van der Waals surface area contributed by atoms with E-state index in [1.165, 1.54) is 0 Å². The number of halogens is 1. The molecule has 0 fully saturated rings. The van der Waals surface area contributed by atoms with Gasteiger partial charge in [-0.25, -0.2) is 0 Å². The van der Waals surface area contributed by atoms with Crippen LogP contribution in [-0.2, 0) is 0 Å². The molecule has 26 valence electrons. The molecule has 0 spiro atoms. The second kappa shape index (κ2) is 20.9. The standard InChI is InChI=1S/BrH.Li.H3P.H2S.H/h1H;;1H3;1H2;. The van der Waals surface area contributed by atoms with E-state index in [4.69, 9.17) is 0 Å². The van der Waals surface area contributed by atoms with Crippen molar-refractivity contribution in [1.29, 1.82) is 0 Å². The first-order valence-electron chi connectivity index (χ1n) is 0. The van der Waals surface area contributed by atoms with Crippen molar-refractivity contribution < 1.29 is 0 Å². The van der Waals surface area contributed by atoms with E-state index in [0.717, 1.165) is 0 Å². The summed E-state index contributed by atoms with van der Waals surface area (Å²) in [5, 5.41) is 0. The second-order valence-electron chi connectivity index (χ2n) is 0. The Labute approximate surface area is 59.1 Å². The van der Waals surface area contributed by atoms with Gasteiger partial charge in [0, 0.05) is 0 Å². The fourth-order valence-corrected chi connectivity index (χ4v) is 0. The zero-order valence-electron chi connectivity index (χ0n) is 1.62. The van der Waals surface area contributed by atoms with Crippen LogP contribution in [0.5, 0.6) is 0 Å². The van der Waals surface area contributed by atoms with Crippen LogP contribution in [0.4, 0.5) is 0 Å². The maximum absolute atomic E-state index is 0. The molecule has 0 saturated carbocycles. The van der Waals surface area contributed by atoms with E-state index >= 15 is 0 Å². The monoisotopic (exact) mass is 156 g/mol. The third-order valence-electron chi connectivity index (χ3n) is 0. The van der Waals surface area contributed by atoms with Gasteiger partial charge in [0.15, 0.2) is 0 Å². The molecule has 1 unspecified atom stereocenters. The average molecular weight is 157 g/mol. The van der Waals surface area contributed by atoms with Crippen molar-refractivity contribution in [3.05, 3.63) is 0 Å². The van der Waals surface area contributed by atoms with E-state index in [1.54, 1.807) is 0 Å². The molecule has 0 aliphatic heterocycles. The van der Waals surface area contributed by atoms with Crippen LogP contribution < -0.4 is 0 Å². The van der Waals surface area contributed by atoms with Crippen LogP contribution >= 0.6 is 40.4 Å². The Hall–Kier alpha value is 1.86. The molecule has 0 aliphatic rings. The van der Waals surface area contributed by atoms with Crippen molar-refractivity contribution in [3.63, 3.8) is 0 Å². The summed E-state index contributed by atoms with van der Waals surface area (Å²) in [6, 6.07) is 0. The normalized spacial score (nSPS) is 0. The van der Waals surface area contributed by atoms with Gasteiger partial charge in [-0.2, -0.15) is 23.4 Å². The van der Waals surface area contributed by atoms with Gasteiger partial charge in [-0.1, -0.05) is 0 Å². The quantitative estimate of drug-likeness (QED) is 0.345. The minimum atomic E-state index is 0. The molecular weight excluding hydrogens is 150 g/mol. The molecule has 0 aliphatic carbocycles. The summed E-state index contributed by atoms with van der Waals surface area (Å²) < 4.78 is 0. The Morgan fingerprint density at radius 2 is 1.00 bits per heavy atom. The number of hydrogen-bond acceptors (Lipinski definition) is 0. The van der Waals surface area contributed by atoms with Gasteiger partial charge in [0.25, 0.3) is 0 Å². The van der Waals surface area contributed by atoms with Crippen molar-refractivity contribution in [3.8, 4) is 0 Å². The number of rotatable bonds is 0. The molecule has 0 amide bonds. The van der Waals surface area contributed by atoms with Crippen LogP contribution in [-0.4, -0.2) is 18.9 Å². The first-order chi connectivity index (χ1) is 0. The maximum atomic E-state index is 0. The van der Waals surface area contributed by atoms with Crippen molar-refractivity contribution in [1.82, 2.24) is 0 Å². The van der Waals surface area contributed by atoms with Crippen LogP contribution in [0.1, 0.15) is 0 Å². The zero-order chi connectivity index (χ0) is 0. The van der Waals surface area contributed by atoms with E-state index in [9.17, 15) is 0 Å². The molecule has 0 aromatic rings. The van der Waals surface area contributed by atoms with Gasteiger partial charge in [-0.15, -0.1) is 17.0 Å². The Morgan fingerprint density at radius 1 is 1.00 bits per heavy atom. The van der Waals surface area contributed by atoms with E-state index in [2.05, 4.69) is 0 Å². The van der Waals surface area contributed by atoms with E-state index in [-0.39, 0.29) is 59.2 Å². The number of hydrogen-bond donors (Lipinski definition) is 0. The molecule has 0 aromatic heterocycles. The zero-order valence-corrected chi connectivity index (χ0v) is 5.74. The van der Waals surface area contributed by atoms with Gasteiger partial charge < -0.3 is 0 Å². The molecule has 0 saturated heterocycles. The topological polar surface area (TPSA) is 0 Å². The van der Waals surface area contributed by atoms with Gasteiger partial charge in [0.1, 0.15) is 0 Å². The van der Waals surface area contributed by atoms with Crippen molar-refractivity contribution >= 4 is 59.2 Å². The summed E-state index contributed by atoms with van der Waals surface area (Å²) in [5.41, 5.74) is 0. The average Bonchev–Trinajstić information content (AvgIpc) is 0. The molecule has 0 heterocycles. The van der Waals surface area contributed by atoms with Crippen molar-refractivity contribution in [2.24, 2.45) is 0 Å². The van der Waals surface area contributed by atoms with Crippen molar-refractivity contribution in [2.75, 3.05) is 0 Å². The Morgan fingerprint density at radius 3 is 1.00 bits per heavy atom. The van der Waals surface area contributed by atoms with Crippen molar-refractivity contribution in [2.45, 2.75) is 0 Å². The van der Waals surface area contributed by atoms with Gasteiger partial charge in [-0.3, -0.25) is 0 Å². The van der Waals surface area contributed by atoms with Gasteiger partial charge in [0.05, 0.1) is 0 Å². The molecule has 4 heteroatoms. The van der Waals surface area contributed by atoms with E-state index < -0.39 is 0 Å². The van der Waals surface area contributed by atoms with Gasteiger partial charge >= 0.3 is 18.9 Å². The summed E-state index contributed by atoms with van der Waals surface area (Å²) in [6.45, 7) is 0. The molecule has 0 aromatic carbocycles. The summed E-state index contributed by atoms with van der Waals surface area (Å²) >= 11 is 0. The predicted molar refractivity (Wildman–Crippen MR) is 39.0 cm³/mol. The SMILES string of the molecule is Br.P.S.[LiH]. The van der Waals surface area contributed by atoms with Crippen LogP contribution in [0.15, 0.2) is 0 Å². The predicted octanol–water partition coefficient (Wildman–Crippen LogP) is 0.100. The third kappa shape index (κ3) is 9.13. The molecule has 0 bridgehead atoms. The van der Waals surface area contributed by atoms with E-state index in [0.29, 0.717) is 0 Å². The van der Waals surface area contributed by atoms with Crippen LogP contribution in [0.25, 0.3) is 0 Å². The molecule has 1 atom stereocenters. The van der Waals surface area contributed by atoms with Crippen LogP contribution in [0.3, 0.4) is 0 Å². The third-order valence-corrected chi connectivity index (χ3v) is 0. The minimum absolute atomic E-state index is 0. The van der Waals surface area contributed by atoms with E-state index in [1.807, 2.05) is 0 Å². The first-order valence-corrected chi connectivity index (χ1v) is 0. The second-order valence-corrected chi connectivity index (χ2v) is 0. The fourth-order valence-electron chi connectivity index (χ4n) is 0. The summed E-state index contributed by atoms with van der Waals surface area (Å²) in [6.07, 6.45) is 0. The summed E-state index contributed by atoms with van der Waals surface area (Å²) in [7, 11) is 0. The Balaban J connectivity index is 0. The molecule has 4 heavy (non-hydrogen) atoms. The molecular formula is H7BrLiPS. The molecule has 0 N–H and O–H groups in total. The summed E-state index contributed by atoms with van der Waals surface area (Å²) in [5.74, 6) is 0.